The highest BCUT2D eigenvalue weighted by molar-refractivity contribution is 7.89. The Kier molecular flexibility index (Phi) is 4.76. The van der Waals surface area contributed by atoms with Crippen molar-refractivity contribution >= 4 is 10.0 Å². The average molecular weight is 310 g/mol. The van der Waals surface area contributed by atoms with E-state index >= 15 is 0 Å². The van der Waals surface area contributed by atoms with Crippen molar-refractivity contribution in [2.24, 2.45) is 5.41 Å². The predicted octanol–water partition coefficient (Wildman–Crippen LogP) is 2.28. The molecule has 0 unspecified atom stereocenters. The van der Waals surface area contributed by atoms with Gasteiger partial charge in [0.2, 0.25) is 10.0 Å². The van der Waals surface area contributed by atoms with Crippen molar-refractivity contribution in [3.8, 4) is 0 Å². The molecule has 2 N–H and O–H groups in total. The summed E-state index contributed by atoms with van der Waals surface area (Å²) in [5.74, 6) is 0. The maximum Gasteiger partial charge on any atom is 0.241 e. The van der Waals surface area contributed by atoms with Crippen LogP contribution in [-0.2, 0) is 10.0 Å². The maximum atomic E-state index is 12.6. The van der Waals surface area contributed by atoms with Gasteiger partial charge in [0, 0.05) is 6.54 Å². The fraction of sp³-hybridized carbons (Fsp3) is 0.625. The average Bonchev–Trinajstić information content (AvgIpc) is 2.36. The lowest BCUT2D eigenvalue weighted by atomic mass is 9.81. The zero-order valence-corrected chi connectivity index (χ0v) is 14.2. The largest absolute Gasteiger partial charge is 0.317 e. The Morgan fingerprint density at radius 2 is 1.67 bits per heavy atom. The van der Waals surface area contributed by atoms with E-state index < -0.39 is 10.0 Å². The van der Waals surface area contributed by atoms with E-state index in [1.807, 2.05) is 32.9 Å². The minimum Gasteiger partial charge on any atom is -0.317 e. The molecule has 4 nitrogen and oxygen atoms in total. The van der Waals surface area contributed by atoms with Gasteiger partial charge in [-0.05, 0) is 63.2 Å². The molecule has 0 spiro atoms. The van der Waals surface area contributed by atoms with Gasteiger partial charge in [0.05, 0.1) is 4.90 Å². The first-order valence-corrected chi connectivity index (χ1v) is 9.00. The van der Waals surface area contributed by atoms with E-state index in [1.54, 1.807) is 0 Å². The van der Waals surface area contributed by atoms with Crippen molar-refractivity contribution in [1.29, 1.82) is 0 Å². The molecule has 1 aromatic carbocycles. The van der Waals surface area contributed by atoms with Gasteiger partial charge in [-0.2, -0.15) is 0 Å². The molecule has 1 aliphatic rings. The van der Waals surface area contributed by atoms with Crippen LogP contribution < -0.4 is 10.0 Å². The van der Waals surface area contributed by atoms with Gasteiger partial charge in [-0.15, -0.1) is 0 Å². The van der Waals surface area contributed by atoms with Crippen LogP contribution in [0.2, 0.25) is 0 Å². The highest BCUT2D eigenvalue weighted by Crippen LogP contribution is 2.28. The second kappa shape index (κ2) is 6.07. The van der Waals surface area contributed by atoms with E-state index in [9.17, 15) is 8.42 Å². The predicted molar refractivity (Wildman–Crippen MR) is 86.1 cm³/mol. The lowest BCUT2D eigenvalue weighted by Crippen LogP contribution is -2.43. The third-order valence-electron chi connectivity index (χ3n) is 4.37. The van der Waals surface area contributed by atoms with E-state index in [2.05, 4.69) is 17.0 Å². The quantitative estimate of drug-likeness (QED) is 0.897. The smallest absolute Gasteiger partial charge is 0.241 e. The Morgan fingerprint density at radius 3 is 2.19 bits per heavy atom. The summed E-state index contributed by atoms with van der Waals surface area (Å²) in [5, 5.41) is 3.32. The molecule has 0 aliphatic carbocycles. The molecule has 118 valence electrons. The highest BCUT2D eigenvalue weighted by atomic mass is 32.2. The van der Waals surface area contributed by atoms with Crippen LogP contribution in [0.5, 0.6) is 0 Å². The summed E-state index contributed by atoms with van der Waals surface area (Å²) in [4.78, 5) is 0.436. The number of rotatable bonds is 4. The number of benzene rings is 1. The second-order valence-corrected chi connectivity index (χ2v) is 8.32. The van der Waals surface area contributed by atoms with Crippen molar-refractivity contribution in [2.75, 3.05) is 19.6 Å². The zero-order valence-electron chi connectivity index (χ0n) is 13.4. The van der Waals surface area contributed by atoms with Crippen LogP contribution >= 0.6 is 0 Å². The Hall–Kier alpha value is -0.910. The second-order valence-electron chi connectivity index (χ2n) is 6.61. The van der Waals surface area contributed by atoms with E-state index in [-0.39, 0.29) is 5.41 Å². The molecule has 21 heavy (non-hydrogen) atoms. The third-order valence-corrected chi connectivity index (χ3v) is 6.08. The summed E-state index contributed by atoms with van der Waals surface area (Å²) >= 11 is 0. The number of aryl methyl sites for hydroxylation is 3. The normalized spacial score (nSPS) is 18.7. The SMILES string of the molecule is Cc1cc(C)c(S(=O)(=O)NCC2(C)CCNCC2)c(C)c1. The third kappa shape index (κ3) is 3.84. The van der Waals surface area contributed by atoms with E-state index in [0.717, 1.165) is 42.6 Å². The van der Waals surface area contributed by atoms with Crippen LogP contribution in [0.3, 0.4) is 0 Å². The van der Waals surface area contributed by atoms with Crippen molar-refractivity contribution in [3.05, 3.63) is 28.8 Å². The van der Waals surface area contributed by atoms with Crippen LogP contribution in [0.15, 0.2) is 17.0 Å². The standard InChI is InChI=1S/C16H26N2O2S/c1-12-9-13(2)15(14(3)10-12)21(19,20)18-11-16(4)5-7-17-8-6-16/h9-10,17-18H,5-8,11H2,1-4H3. The zero-order chi connectivity index (χ0) is 15.7. The molecule has 1 aliphatic heterocycles. The molecule has 5 heteroatoms. The van der Waals surface area contributed by atoms with Crippen molar-refractivity contribution in [3.63, 3.8) is 0 Å². The molecular formula is C16H26N2O2S. The molecular weight excluding hydrogens is 284 g/mol. The van der Waals surface area contributed by atoms with Gasteiger partial charge in [-0.1, -0.05) is 24.6 Å². The Morgan fingerprint density at radius 1 is 1.14 bits per heavy atom. The number of piperidine rings is 1. The first-order chi connectivity index (χ1) is 9.73. The van der Waals surface area contributed by atoms with Crippen LogP contribution in [-0.4, -0.2) is 28.1 Å². The topological polar surface area (TPSA) is 58.2 Å². The van der Waals surface area contributed by atoms with E-state index in [0.29, 0.717) is 11.4 Å². The Balaban J connectivity index is 2.19. The molecule has 1 fully saturated rings. The maximum absolute atomic E-state index is 12.6. The number of hydrogen-bond donors (Lipinski definition) is 2. The Bertz CT molecular complexity index is 594. The molecule has 0 radical (unpaired) electrons. The molecule has 0 aromatic heterocycles. The summed E-state index contributed by atoms with van der Waals surface area (Å²) < 4.78 is 28.1. The van der Waals surface area contributed by atoms with E-state index in [4.69, 9.17) is 0 Å². The summed E-state index contributed by atoms with van der Waals surface area (Å²) in [7, 11) is -3.45. The summed E-state index contributed by atoms with van der Waals surface area (Å²) in [5.41, 5.74) is 2.77. The lowest BCUT2D eigenvalue weighted by molar-refractivity contribution is 0.232. The first-order valence-electron chi connectivity index (χ1n) is 7.52. The minimum atomic E-state index is -3.45. The van der Waals surface area contributed by atoms with Gasteiger partial charge in [0.1, 0.15) is 0 Å². The molecule has 1 aromatic rings. The summed E-state index contributed by atoms with van der Waals surface area (Å²) in [6.07, 6.45) is 2.00. The van der Waals surface area contributed by atoms with Crippen LogP contribution in [0.25, 0.3) is 0 Å². The number of nitrogens with one attached hydrogen (secondary N) is 2. The van der Waals surface area contributed by atoms with Gasteiger partial charge >= 0.3 is 0 Å². The van der Waals surface area contributed by atoms with Gasteiger partial charge in [-0.3, -0.25) is 0 Å². The van der Waals surface area contributed by atoms with Gasteiger partial charge in [-0.25, -0.2) is 13.1 Å². The highest BCUT2D eigenvalue weighted by Gasteiger charge is 2.29. The van der Waals surface area contributed by atoms with Gasteiger partial charge < -0.3 is 5.32 Å². The molecule has 2 rings (SSSR count). The van der Waals surface area contributed by atoms with Crippen molar-refractivity contribution in [1.82, 2.24) is 10.0 Å². The molecule has 1 heterocycles. The summed E-state index contributed by atoms with van der Waals surface area (Å²) in [6.45, 7) is 10.3. The molecule has 1 saturated heterocycles. The Labute approximate surface area is 128 Å². The minimum absolute atomic E-state index is 0.0465. The molecule has 0 atom stereocenters. The van der Waals surface area contributed by atoms with Crippen molar-refractivity contribution < 1.29 is 8.42 Å². The molecule has 0 bridgehead atoms. The summed E-state index contributed by atoms with van der Waals surface area (Å²) in [6, 6.07) is 3.85. The van der Waals surface area contributed by atoms with Gasteiger partial charge in [0.15, 0.2) is 0 Å². The monoisotopic (exact) mass is 310 g/mol. The van der Waals surface area contributed by atoms with Crippen LogP contribution in [0.4, 0.5) is 0 Å². The number of sulfonamides is 1. The fourth-order valence-corrected chi connectivity index (χ4v) is 4.79. The molecule has 0 saturated carbocycles. The van der Waals surface area contributed by atoms with Crippen LogP contribution in [0, 0.1) is 26.2 Å². The first kappa shape index (κ1) is 16.5. The van der Waals surface area contributed by atoms with Crippen molar-refractivity contribution in [2.45, 2.75) is 45.4 Å². The number of hydrogen-bond acceptors (Lipinski definition) is 3. The van der Waals surface area contributed by atoms with Crippen LogP contribution in [0.1, 0.15) is 36.5 Å². The van der Waals surface area contributed by atoms with E-state index in [1.165, 1.54) is 0 Å². The molecule has 0 amide bonds. The van der Waals surface area contributed by atoms with Gasteiger partial charge in [0.25, 0.3) is 0 Å². The fourth-order valence-electron chi connectivity index (χ4n) is 3.14. The lowest BCUT2D eigenvalue weighted by Gasteiger charge is -2.34.